The van der Waals surface area contributed by atoms with E-state index < -0.39 is 0 Å². The lowest BCUT2D eigenvalue weighted by Gasteiger charge is -2.40. The third-order valence-electron chi connectivity index (χ3n) is 6.42. The van der Waals surface area contributed by atoms with Gasteiger partial charge >= 0.3 is 6.03 Å². The maximum atomic E-state index is 12.9. The van der Waals surface area contributed by atoms with Gasteiger partial charge in [-0.05, 0) is 76.5 Å². The molecule has 0 unspecified atom stereocenters. The van der Waals surface area contributed by atoms with Gasteiger partial charge in [-0.1, -0.05) is 0 Å². The van der Waals surface area contributed by atoms with Crippen LogP contribution in [0.25, 0.3) is 0 Å². The van der Waals surface area contributed by atoms with E-state index in [1.807, 2.05) is 42.7 Å². The summed E-state index contributed by atoms with van der Waals surface area (Å²) >= 11 is 0. The molecule has 1 aromatic carbocycles. The number of hydrogen-bond acceptors (Lipinski definition) is 4. The van der Waals surface area contributed by atoms with Crippen molar-refractivity contribution in [2.24, 2.45) is 11.8 Å². The van der Waals surface area contributed by atoms with Crippen molar-refractivity contribution < 1.29 is 19.1 Å². The van der Waals surface area contributed by atoms with Crippen LogP contribution in [0.4, 0.5) is 4.79 Å². The fourth-order valence-electron chi connectivity index (χ4n) is 4.76. The van der Waals surface area contributed by atoms with E-state index in [1.54, 1.807) is 6.07 Å². The Morgan fingerprint density at radius 2 is 1.47 bits per heavy atom. The first-order chi connectivity index (χ1) is 14.3. The SMILES string of the molecule is CC(C)(C)NC(=O)N1CCC(C2CCN(C(=O)c3ccc4c(c3)OCO4)CC2)CC1. The number of ether oxygens (including phenoxy) is 2. The molecule has 3 heterocycles. The van der Waals surface area contributed by atoms with E-state index in [1.165, 1.54) is 0 Å². The highest BCUT2D eigenvalue weighted by atomic mass is 16.7. The van der Waals surface area contributed by atoms with Crippen LogP contribution < -0.4 is 14.8 Å². The Morgan fingerprint density at radius 3 is 2.07 bits per heavy atom. The van der Waals surface area contributed by atoms with E-state index in [0.717, 1.165) is 51.9 Å². The summed E-state index contributed by atoms with van der Waals surface area (Å²) in [6.45, 7) is 9.48. The van der Waals surface area contributed by atoms with Gasteiger partial charge in [-0.25, -0.2) is 4.79 Å². The molecular weight excluding hydrogens is 382 g/mol. The summed E-state index contributed by atoms with van der Waals surface area (Å²) in [4.78, 5) is 29.2. The molecule has 164 valence electrons. The molecule has 0 bridgehead atoms. The van der Waals surface area contributed by atoms with E-state index in [0.29, 0.717) is 28.9 Å². The van der Waals surface area contributed by atoms with Crippen LogP contribution in [0.1, 0.15) is 56.8 Å². The number of benzene rings is 1. The van der Waals surface area contributed by atoms with Crippen molar-refractivity contribution in [3.8, 4) is 11.5 Å². The molecule has 1 N–H and O–H groups in total. The molecule has 30 heavy (non-hydrogen) atoms. The number of rotatable bonds is 2. The molecule has 4 rings (SSSR count). The molecule has 0 spiro atoms. The van der Waals surface area contributed by atoms with Gasteiger partial charge in [0.2, 0.25) is 6.79 Å². The fraction of sp³-hybridized carbons (Fsp3) is 0.652. The first-order valence-corrected chi connectivity index (χ1v) is 11.1. The van der Waals surface area contributed by atoms with Gasteiger partial charge in [-0.2, -0.15) is 0 Å². The van der Waals surface area contributed by atoms with Crippen molar-refractivity contribution in [2.45, 2.75) is 52.0 Å². The second-order valence-electron chi connectivity index (χ2n) is 9.70. The van der Waals surface area contributed by atoms with Gasteiger partial charge in [0.25, 0.3) is 5.91 Å². The first kappa shape index (κ1) is 20.8. The third kappa shape index (κ3) is 4.65. The van der Waals surface area contributed by atoms with Crippen molar-refractivity contribution in [2.75, 3.05) is 33.0 Å². The summed E-state index contributed by atoms with van der Waals surface area (Å²) in [5.41, 5.74) is 0.460. The monoisotopic (exact) mass is 415 g/mol. The lowest BCUT2D eigenvalue weighted by molar-refractivity contribution is 0.0614. The molecular formula is C23H33N3O4. The largest absolute Gasteiger partial charge is 0.454 e. The minimum absolute atomic E-state index is 0.0464. The van der Waals surface area contributed by atoms with Crippen LogP contribution in [0.3, 0.4) is 0 Å². The Labute approximate surface area is 178 Å². The van der Waals surface area contributed by atoms with Crippen LogP contribution in [0, 0.1) is 11.8 Å². The molecule has 7 nitrogen and oxygen atoms in total. The molecule has 2 saturated heterocycles. The third-order valence-corrected chi connectivity index (χ3v) is 6.42. The lowest BCUT2D eigenvalue weighted by Crippen LogP contribution is -2.51. The van der Waals surface area contributed by atoms with Gasteiger partial charge in [0, 0.05) is 37.3 Å². The van der Waals surface area contributed by atoms with Gasteiger partial charge in [0.15, 0.2) is 11.5 Å². The van der Waals surface area contributed by atoms with Gasteiger partial charge in [0.05, 0.1) is 0 Å². The zero-order chi connectivity index (χ0) is 21.3. The highest BCUT2D eigenvalue weighted by Crippen LogP contribution is 2.35. The number of hydrogen-bond donors (Lipinski definition) is 1. The molecule has 0 aliphatic carbocycles. The number of carbonyl (C=O) groups excluding carboxylic acids is 2. The molecule has 0 aromatic heterocycles. The maximum Gasteiger partial charge on any atom is 0.317 e. The summed E-state index contributed by atoms with van der Waals surface area (Å²) in [5, 5.41) is 3.06. The summed E-state index contributed by atoms with van der Waals surface area (Å²) in [6, 6.07) is 5.46. The molecule has 3 amide bonds. The van der Waals surface area contributed by atoms with E-state index in [2.05, 4.69) is 5.32 Å². The maximum absolute atomic E-state index is 12.9. The molecule has 3 aliphatic rings. The predicted octanol–water partition coefficient (Wildman–Crippen LogP) is 3.49. The topological polar surface area (TPSA) is 71.1 Å². The van der Waals surface area contributed by atoms with Gasteiger partial charge in [-0.15, -0.1) is 0 Å². The predicted molar refractivity (Wildman–Crippen MR) is 114 cm³/mol. The fourth-order valence-corrected chi connectivity index (χ4v) is 4.76. The van der Waals surface area contributed by atoms with Crippen molar-refractivity contribution in [3.63, 3.8) is 0 Å². The molecule has 7 heteroatoms. The normalized spacial score (nSPS) is 20.4. The number of nitrogens with zero attached hydrogens (tertiary/aromatic N) is 2. The number of carbonyl (C=O) groups is 2. The van der Waals surface area contributed by atoms with Crippen molar-refractivity contribution >= 4 is 11.9 Å². The van der Waals surface area contributed by atoms with Gasteiger partial charge in [0.1, 0.15) is 0 Å². The highest BCUT2D eigenvalue weighted by Gasteiger charge is 2.33. The summed E-state index contributed by atoms with van der Waals surface area (Å²) < 4.78 is 10.7. The number of amides is 3. The number of likely N-dealkylation sites (tertiary alicyclic amines) is 2. The van der Waals surface area contributed by atoms with Crippen LogP contribution >= 0.6 is 0 Å². The second-order valence-corrected chi connectivity index (χ2v) is 9.70. The molecule has 0 atom stereocenters. The Balaban J connectivity index is 1.25. The molecule has 3 aliphatic heterocycles. The van der Waals surface area contributed by atoms with Crippen molar-refractivity contribution in [1.82, 2.24) is 15.1 Å². The van der Waals surface area contributed by atoms with E-state index >= 15 is 0 Å². The first-order valence-electron chi connectivity index (χ1n) is 11.1. The number of fused-ring (bicyclic) bond motifs is 1. The van der Waals surface area contributed by atoms with E-state index in [4.69, 9.17) is 9.47 Å². The average Bonchev–Trinajstić information content (AvgIpc) is 3.20. The second kappa shape index (κ2) is 8.36. The van der Waals surface area contributed by atoms with Crippen LogP contribution in [-0.2, 0) is 0 Å². The van der Waals surface area contributed by atoms with Crippen molar-refractivity contribution in [3.05, 3.63) is 23.8 Å². The van der Waals surface area contributed by atoms with Crippen LogP contribution in [-0.4, -0.2) is 60.2 Å². The van der Waals surface area contributed by atoms with Gasteiger partial charge in [-0.3, -0.25) is 4.79 Å². The Morgan fingerprint density at radius 1 is 0.900 bits per heavy atom. The molecule has 0 saturated carbocycles. The lowest BCUT2D eigenvalue weighted by atomic mass is 9.78. The summed E-state index contributed by atoms with van der Waals surface area (Å²) in [6.07, 6.45) is 4.18. The Kier molecular flexibility index (Phi) is 5.80. The molecule has 0 radical (unpaired) electrons. The molecule has 1 aromatic rings. The molecule has 2 fully saturated rings. The average molecular weight is 416 g/mol. The quantitative estimate of drug-likeness (QED) is 0.803. The minimum atomic E-state index is -0.203. The van der Waals surface area contributed by atoms with E-state index in [9.17, 15) is 9.59 Å². The zero-order valence-corrected chi connectivity index (χ0v) is 18.3. The Bertz CT molecular complexity index is 788. The van der Waals surface area contributed by atoms with Crippen LogP contribution in [0.15, 0.2) is 18.2 Å². The van der Waals surface area contributed by atoms with E-state index in [-0.39, 0.29) is 24.3 Å². The van der Waals surface area contributed by atoms with Gasteiger partial charge < -0.3 is 24.6 Å². The Hall–Kier alpha value is -2.44. The summed E-state index contributed by atoms with van der Waals surface area (Å²) in [7, 11) is 0. The number of piperidine rings is 2. The number of urea groups is 1. The van der Waals surface area contributed by atoms with Crippen LogP contribution in [0.5, 0.6) is 11.5 Å². The standard InChI is InChI=1S/C23H33N3O4/c1-23(2,3)24-22(28)26-12-8-17(9-13-26)16-6-10-25(11-7-16)21(27)18-4-5-19-20(14-18)30-15-29-19/h4-5,14,16-17H,6-13,15H2,1-3H3,(H,24,28). The van der Waals surface area contributed by atoms with Crippen LogP contribution in [0.2, 0.25) is 0 Å². The minimum Gasteiger partial charge on any atom is -0.454 e. The smallest absolute Gasteiger partial charge is 0.317 e. The number of nitrogens with one attached hydrogen (secondary N) is 1. The van der Waals surface area contributed by atoms with Crippen molar-refractivity contribution in [1.29, 1.82) is 0 Å². The summed E-state index contributed by atoms with van der Waals surface area (Å²) in [5.74, 6) is 2.70. The highest BCUT2D eigenvalue weighted by molar-refractivity contribution is 5.95. The zero-order valence-electron chi connectivity index (χ0n) is 18.3.